The van der Waals surface area contributed by atoms with Gasteiger partial charge in [-0.1, -0.05) is 0 Å². The average molecular weight is 513 g/mol. The third-order valence-electron chi connectivity index (χ3n) is 6.65. The van der Waals surface area contributed by atoms with Crippen molar-refractivity contribution in [1.29, 1.82) is 5.26 Å². The summed E-state index contributed by atoms with van der Waals surface area (Å²) < 4.78 is 31.4. The molecule has 1 aliphatic rings. The molecule has 0 radical (unpaired) electrons. The standard InChI is InChI=1S/C24H28N6O5S/c1-16(2)36(33,34)18-6-4-17(5-7-18)27-21-20-19(8-13-26-22(20)31)30(28-21)24(9-12-25)10-14-29(15-11-24)23(32)35-3/h4-8,13,16H,9-11,14-15H2,1-3H3,(H,26,31)(H,27,28). The van der Waals surface area contributed by atoms with E-state index < -0.39 is 26.7 Å². The summed E-state index contributed by atoms with van der Waals surface area (Å²) in [5, 5.41) is 17.3. The number of nitrogens with one attached hydrogen (secondary N) is 2. The number of aromatic nitrogens is 3. The molecular formula is C24H28N6O5S. The minimum Gasteiger partial charge on any atom is -0.453 e. The monoisotopic (exact) mass is 512 g/mol. The third-order valence-corrected chi connectivity index (χ3v) is 8.82. The van der Waals surface area contributed by atoms with Crippen molar-refractivity contribution in [2.75, 3.05) is 25.5 Å². The van der Waals surface area contributed by atoms with E-state index in [2.05, 4.69) is 16.4 Å². The van der Waals surface area contributed by atoms with Gasteiger partial charge in [0.15, 0.2) is 15.7 Å². The Kier molecular flexibility index (Phi) is 6.77. The highest BCUT2D eigenvalue weighted by Crippen LogP contribution is 2.37. The Morgan fingerprint density at radius 3 is 2.50 bits per heavy atom. The first-order chi connectivity index (χ1) is 17.1. The van der Waals surface area contributed by atoms with Gasteiger partial charge in [0, 0.05) is 25.0 Å². The van der Waals surface area contributed by atoms with E-state index in [1.807, 2.05) is 0 Å². The molecule has 2 N–H and O–H groups in total. The van der Waals surface area contributed by atoms with Gasteiger partial charge in [-0.05, 0) is 57.0 Å². The van der Waals surface area contributed by atoms with Crippen molar-refractivity contribution in [3.63, 3.8) is 0 Å². The maximum absolute atomic E-state index is 12.8. The van der Waals surface area contributed by atoms with Crippen LogP contribution in [-0.4, -0.2) is 59.6 Å². The number of amides is 1. The lowest BCUT2D eigenvalue weighted by Gasteiger charge is -2.40. The summed E-state index contributed by atoms with van der Waals surface area (Å²) in [4.78, 5) is 29.3. The molecule has 0 spiro atoms. The molecule has 36 heavy (non-hydrogen) atoms. The number of hydrogen-bond acceptors (Lipinski definition) is 8. The van der Waals surface area contributed by atoms with Gasteiger partial charge >= 0.3 is 6.09 Å². The van der Waals surface area contributed by atoms with Crippen molar-refractivity contribution < 1.29 is 17.9 Å². The largest absolute Gasteiger partial charge is 0.453 e. The Morgan fingerprint density at radius 2 is 1.92 bits per heavy atom. The highest BCUT2D eigenvalue weighted by atomic mass is 32.2. The first-order valence-electron chi connectivity index (χ1n) is 11.5. The SMILES string of the molecule is COC(=O)N1CCC(CC#N)(n2nc(Nc3ccc(S(=O)(=O)C(C)C)cc3)c3c(=O)[nH]ccc32)CC1. The first kappa shape index (κ1) is 25.2. The maximum Gasteiger partial charge on any atom is 0.409 e. The molecule has 2 aromatic heterocycles. The van der Waals surface area contributed by atoms with Crippen LogP contribution in [0.5, 0.6) is 0 Å². The Bertz CT molecular complexity index is 1480. The number of pyridine rings is 1. The van der Waals surface area contributed by atoms with Crippen LogP contribution < -0.4 is 10.9 Å². The second-order valence-corrected chi connectivity index (χ2v) is 11.6. The number of fused-ring (bicyclic) bond motifs is 1. The molecule has 3 aromatic rings. The van der Waals surface area contributed by atoms with Crippen molar-refractivity contribution in [1.82, 2.24) is 19.7 Å². The second-order valence-electron chi connectivity index (χ2n) is 9.09. The number of sulfone groups is 1. The minimum absolute atomic E-state index is 0.146. The molecule has 1 aliphatic heterocycles. The molecule has 1 aromatic carbocycles. The molecular weight excluding hydrogens is 484 g/mol. The lowest BCUT2D eigenvalue weighted by atomic mass is 9.85. The molecule has 4 rings (SSSR count). The van der Waals surface area contributed by atoms with Crippen molar-refractivity contribution in [3.8, 4) is 6.07 Å². The summed E-state index contributed by atoms with van der Waals surface area (Å²) in [5.74, 6) is 0.291. The number of methoxy groups -OCH3 is 1. The summed E-state index contributed by atoms with van der Waals surface area (Å²) in [6.45, 7) is 4.01. The molecule has 0 unspecified atom stereocenters. The smallest absolute Gasteiger partial charge is 0.409 e. The van der Waals surface area contributed by atoms with E-state index in [1.54, 1.807) is 41.6 Å². The van der Waals surface area contributed by atoms with Crippen molar-refractivity contribution in [2.45, 2.75) is 48.8 Å². The molecule has 190 valence electrons. The molecule has 0 atom stereocenters. The van der Waals surface area contributed by atoms with E-state index in [0.717, 1.165) is 0 Å². The number of benzene rings is 1. The molecule has 1 amide bonds. The predicted octanol–water partition coefficient (Wildman–Crippen LogP) is 3.12. The number of nitriles is 1. The molecule has 12 heteroatoms. The van der Waals surface area contributed by atoms with Gasteiger partial charge in [-0.15, -0.1) is 0 Å². The lowest BCUT2D eigenvalue weighted by Crippen LogP contribution is -2.48. The molecule has 11 nitrogen and oxygen atoms in total. The van der Waals surface area contributed by atoms with Crippen molar-refractivity contribution >= 4 is 38.3 Å². The van der Waals surface area contributed by atoms with E-state index in [-0.39, 0.29) is 16.9 Å². The van der Waals surface area contributed by atoms with Crippen LogP contribution in [0.2, 0.25) is 0 Å². The molecule has 3 heterocycles. The number of piperidine rings is 1. The van der Waals surface area contributed by atoms with Crippen LogP contribution in [-0.2, 0) is 20.1 Å². The predicted molar refractivity (Wildman–Crippen MR) is 134 cm³/mol. The van der Waals surface area contributed by atoms with Gasteiger partial charge in [0.2, 0.25) is 0 Å². The number of carbonyl (C=O) groups is 1. The van der Waals surface area contributed by atoms with Gasteiger partial charge in [0.25, 0.3) is 5.56 Å². The van der Waals surface area contributed by atoms with E-state index >= 15 is 0 Å². The highest BCUT2D eigenvalue weighted by Gasteiger charge is 2.40. The van der Waals surface area contributed by atoms with Crippen LogP contribution in [0.15, 0.2) is 46.2 Å². The molecule has 0 saturated carbocycles. The Morgan fingerprint density at radius 1 is 1.25 bits per heavy atom. The molecule has 1 saturated heterocycles. The van der Waals surface area contributed by atoms with Crippen LogP contribution in [0.4, 0.5) is 16.3 Å². The Hall–Kier alpha value is -3.85. The van der Waals surface area contributed by atoms with Crippen molar-refractivity contribution in [2.24, 2.45) is 0 Å². The zero-order valence-electron chi connectivity index (χ0n) is 20.3. The van der Waals surface area contributed by atoms with E-state index in [0.29, 0.717) is 48.3 Å². The number of rotatable bonds is 6. The maximum atomic E-state index is 12.8. The summed E-state index contributed by atoms with van der Waals surface area (Å²) in [7, 11) is -2.09. The number of likely N-dealkylation sites (tertiary alicyclic amines) is 1. The van der Waals surface area contributed by atoms with Crippen LogP contribution in [0.1, 0.15) is 33.1 Å². The van der Waals surface area contributed by atoms with Gasteiger partial charge in [0.1, 0.15) is 5.39 Å². The van der Waals surface area contributed by atoms with Crippen LogP contribution in [0.25, 0.3) is 10.9 Å². The fourth-order valence-electron chi connectivity index (χ4n) is 4.51. The number of hydrogen-bond donors (Lipinski definition) is 2. The lowest BCUT2D eigenvalue weighted by molar-refractivity contribution is 0.0794. The zero-order valence-corrected chi connectivity index (χ0v) is 21.1. The summed E-state index contributed by atoms with van der Waals surface area (Å²) in [6, 6.07) is 10.3. The van der Waals surface area contributed by atoms with Gasteiger partial charge in [-0.2, -0.15) is 10.4 Å². The number of H-pyrrole nitrogens is 1. The van der Waals surface area contributed by atoms with Crippen LogP contribution in [0, 0.1) is 11.3 Å². The average Bonchev–Trinajstić information content (AvgIpc) is 3.24. The quantitative estimate of drug-likeness (QED) is 0.511. The number of aromatic amines is 1. The van der Waals surface area contributed by atoms with Gasteiger partial charge < -0.3 is 19.9 Å². The van der Waals surface area contributed by atoms with E-state index in [4.69, 9.17) is 9.84 Å². The highest BCUT2D eigenvalue weighted by molar-refractivity contribution is 7.92. The fraction of sp³-hybridized carbons (Fsp3) is 0.417. The van der Waals surface area contributed by atoms with Crippen molar-refractivity contribution in [3.05, 3.63) is 46.9 Å². The number of anilines is 2. The summed E-state index contributed by atoms with van der Waals surface area (Å²) >= 11 is 0. The Labute approximate surface area is 208 Å². The van der Waals surface area contributed by atoms with E-state index in [9.17, 15) is 23.3 Å². The number of carbonyl (C=O) groups excluding carboxylic acids is 1. The van der Waals surface area contributed by atoms with E-state index in [1.165, 1.54) is 25.4 Å². The minimum atomic E-state index is -3.42. The number of nitrogens with zero attached hydrogens (tertiary/aromatic N) is 4. The van der Waals surface area contributed by atoms with Gasteiger partial charge in [0.05, 0.1) is 40.8 Å². The number of ether oxygens (including phenoxy) is 1. The molecule has 0 bridgehead atoms. The summed E-state index contributed by atoms with van der Waals surface area (Å²) in [5.41, 5.74) is 0.0456. The molecule has 1 fully saturated rings. The Balaban J connectivity index is 1.74. The third kappa shape index (κ3) is 4.42. The summed E-state index contributed by atoms with van der Waals surface area (Å²) in [6.07, 6.45) is 2.17. The van der Waals surface area contributed by atoms with Gasteiger partial charge in [-0.3, -0.25) is 9.48 Å². The van der Waals surface area contributed by atoms with Gasteiger partial charge in [-0.25, -0.2) is 13.2 Å². The first-order valence-corrected chi connectivity index (χ1v) is 13.1. The second kappa shape index (κ2) is 9.66. The zero-order chi connectivity index (χ0) is 26.1. The fourth-order valence-corrected chi connectivity index (χ4v) is 5.57. The van der Waals surface area contributed by atoms with Crippen LogP contribution >= 0.6 is 0 Å². The topological polar surface area (TPSA) is 150 Å². The normalized spacial score (nSPS) is 15.6. The van der Waals surface area contributed by atoms with Crippen LogP contribution in [0.3, 0.4) is 0 Å². The molecule has 0 aliphatic carbocycles.